The van der Waals surface area contributed by atoms with E-state index in [0.29, 0.717) is 5.41 Å². The number of unbranched alkanes of at least 4 members (excludes halogenated alkanes) is 1. The van der Waals surface area contributed by atoms with Crippen molar-refractivity contribution >= 4 is 29.9 Å². The lowest BCUT2D eigenvalue weighted by atomic mass is 9.83. The number of guanidine groups is 1. The number of ether oxygens (including phenoxy) is 2. The molecule has 6 heteroatoms. The molecule has 0 aromatic carbocycles. The molecule has 1 rings (SSSR count). The van der Waals surface area contributed by atoms with Gasteiger partial charge in [0.2, 0.25) is 0 Å². The average Bonchev–Trinajstić information content (AvgIpc) is 3.03. The fourth-order valence-corrected chi connectivity index (χ4v) is 3.11. The molecule has 0 heterocycles. The van der Waals surface area contributed by atoms with Crippen LogP contribution in [0.25, 0.3) is 0 Å². The van der Waals surface area contributed by atoms with Crippen LogP contribution in [0.1, 0.15) is 58.8 Å². The Bertz CT molecular complexity index is 321. The molecule has 1 fully saturated rings. The quantitative estimate of drug-likeness (QED) is 0.205. The predicted molar refractivity (Wildman–Crippen MR) is 113 cm³/mol. The number of halogens is 1. The third kappa shape index (κ3) is 10.0. The summed E-state index contributed by atoms with van der Waals surface area (Å²) in [5.41, 5.74) is 0.343. The first-order chi connectivity index (χ1) is 11.3. The molecule has 0 amide bonds. The van der Waals surface area contributed by atoms with Gasteiger partial charge in [0.25, 0.3) is 0 Å². The van der Waals surface area contributed by atoms with Crippen molar-refractivity contribution in [3.63, 3.8) is 0 Å². The molecule has 0 bridgehead atoms. The molecule has 0 aromatic heterocycles. The van der Waals surface area contributed by atoms with Crippen molar-refractivity contribution in [2.45, 2.75) is 58.8 Å². The Balaban J connectivity index is 0.00000529. The van der Waals surface area contributed by atoms with Gasteiger partial charge in [-0.25, -0.2) is 0 Å². The van der Waals surface area contributed by atoms with Crippen molar-refractivity contribution < 1.29 is 9.47 Å². The van der Waals surface area contributed by atoms with E-state index in [1.165, 1.54) is 32.1 Å². The molecule has 0 aliphatic heterocycles. The number of aliphatic imine (C=N–C) groups is 1. The second kappa shape index (κ2) is 15.2. The van der Waals surface area contributed by atoms with E-state index in [4.69, 9.17) is 14.5 Å². The molecular formula is C18H38IN3O2. The van der Waals surface area contributed by atoms with E-state index < -0.39 is 0 Å². The van der Waals surface area contributed by atoms with Gasteiger partial charge in [0.15, 0.2) is 5.96 Å². The van der Waals surface area contributed by atoms with E-state index in [-0.39, 0.29) is 24.0 Å². The number of nitrogens with zero attached hydrogens (tertiary/aromatic N) is 1. The van der Waals surface area contributed by atoms with Crippen LogP contribution in [0.3, 0.4) is 0 Å². The summed E-state index contributed by atoms with van der Waals surface area (Å²) >= 11 is 0. The SMILES string of the molecule is CCCCOCCNC(=NCC1(CCOC)CCCC1)NCC.I. The van der Waals surface area contributed by atoms with Gasteiger partial charge in [0, 0.05) is 40.0 Å². The fraction of sp³-hybridized carbons (Fsp3) is 0.944. The largest absolute Gasteiger partial charge is 0.385 e. The summed E-state index contributed by atoms with van der Waals surface area (Å²) in [4.78, 5) is 4.84. The monoisotopic (exact) mass is 455 g/mol. The third-order valence-corrected chi connectivity index (χ3v) is 4.60. The highest BCUT2D eigenvalue weighted by atomic mass is 127. The van der Waals surface area contributed by atoms with E-state index in [1.54, 1.807) is 7.11 Å². The number of hydrogen-bond acceptors (Lipinski definition) is 3. The van der Waals surface area contributed by atoms with Crippen LogP contribution < -0.4 is 10.6 Å². The second-order valence-electron chi connectivity index (χ2n) is 6.54. The lowest BCUT2D eigenvalue weighted by Crippen LogP contribution is -2.40. The van der Waals surface area contributed by atoms with Crippen LogP contribution >= 0.6 is 24.0 Å². The van der Waals surface area contributed by atoms with Crippen LogP contribution in [0, 0.1) is 5.41 Å². The molecule has 0 unspecified atom stereocenters. The minimum Gasteiger partial charge on any atom is -0.385 e. The number of hydrogen-bond donors (Lipinski definition) is 2. The molecule has 5 nitrogen and oxygen atoms in total. The van der Waals surface area contributed by atoms with Crippen LogP contribution in [0.15, 0.2) is 4.99 Å². The van der Waals surface area contributed by atoms with Gasteiger partial charge in [-0.1, -0.05) is 26.2 Å². The highest BCUT2D eigenvalue weighted by Gasteiger charge is 2.33. The highest BCUT2D eigenvalue weighted by Crippen LogP contribution is 2.41. The molecule has 0 atom stereocenters. The number of methoxy groups -OCH3 is 1. The Labute approximate surface area is 165 Å². The molecular weight excluding hydrogens is 417 g/mol. The molecule has 0 aromatic rings. The van der Waals surface area contributed by atoms with E-state index in [9.17, 15) is 0 Å². The number of nitrogens with one attached hydrogen (secondary N) is 2. The van der Waals surface area contributed by atoms with E-state index in [0.717, 1.165) is 58.3 Å². The summed E-state index contributed by atoms with van der Waals surface area (Å²) in [5.74, 6) is 0.912. The lowest BCUT2D eigenvalue weighted by molar-refractivity contribution is 0.135. The van der Waals surface area contributed by atoms with Gasteiger partial charge in [-0.2, -0.15) is 0 Å². The van der Waals surface area contributed by atoms with Gasteiger partial charge >= 0.3 is 0 Å². The van der Waals surface area contributed by atoms with Gasteiger partial charge in [-0.05, 0) is 38.0 Å². The standard InChI is InChI=1S/C18H37N3O2.HI/c1-4-6-13-23-15-12-20-17(19-5-2)21-16-18(11-14-22-3)9-7-8-10-18;/h4-16H2,1-3H3,(H2,19,20,21);1H. The molecule has 144 valence electrons. The van der Waals surface area contributed by atoms with Crippen molar-refractivity contribution in [3.05, 3.63) is 0 Å². The predicted octanol–water partition coefficient (Wildman–Crippen LogP) is 3.57. The van der Waals surface area contributed by atoms with Gasteiger partial charge in [-0.15, -0.1) is 24.0 Å². The Morgan fingerprint density at radius 1 is 1.08 bits per heavy atom. The van der Waals surface area contributed by atoms with Crippen molar-refractivity contribution in [2.75, 3.05) is 46.6 Å². The van der Waals surface area contributed by atoms with Gasteiger partial charge in [0.1, 0.15) is 0 Å². The van der Waals surface area contributed by atoms with Crippen LogP contribution in [-0.4, -0.2) is 52.5 Å². The van der Waals surface area contributed by atoms with Crippen molar-refractivity contribution in [3.8, 4) is 0 Å². The first-order valence-corrected chi connectivity index (χ1v) is 9.35. The molecule has 1 aliphatic rings. The maximum atomic E-state index is 5.59. The average molecular weight is 455 g/mol. The summed E-state index contributed by atoms with van der Waals surface area (Å²) < 4.78 is 10.9. The van der Waals surface area contributed by atoms with Crippen molar-refractivity contribution in [1.29, 1.82) is 0 Å². The minimum atomic E-state index is 0. The Hall–Kier alpha value is -0.0800. The maximum absolute atomic E-state index is 5.59. The van der Waals surface area contributed by atoms with Gasteiger partial charge < -0.3 is 20.1 Å². The molecule has 0 saturated heterocycles. The molecule has 0 radical (unpaired) electrons. The van der Waals surface area contributed by atoms with Crippen molar-refractivity contribution in [2.24, 2.45) is 10.4 Å². The van der Waals surface area contributed by atoms with E-state index >= 15 is 0 Å². The molecule has 2 N–H and O–H groups in total. The summed E-state index contributed by atoms with van der Waals surface area (Å²) in [6.45, 7) is 9.29. The maximum Gasteiger partial charge on any atom is 0.191 e. The Kier molecular flexibility index (Phi) is 15.1. The first kappa shape index (κ1) is 23.9. The zero-order valence-corrected chi connectivity index (χ0v) is 18.2. The van der Waals surface area contributed by atoms with E-state index in [2.05, 4.69) is 24.5 Å². The zero-order valence-electron chi connectivity index (χ0n) is 15.9. The molecule has 0 spiro atoms. The summed E-state index contributed by atoms with van der Waals surface area (Å²) in [7, 11) is 1.79. The molecule has 1 saturated carbocycles. The second-order valence-corrected chi connectivity index (χ2v) is 6.54. The Morgan fingerprint density at radius 3 is 2.46 bits per heavy atom. The van der Waals surface area contributed by atoms with Crippen LogP contribution in [0.2, 0.25) is 0 Å². The normalized spacial score (nSPS) is 16.7. The highest BCUT2D eigenvalue weighted by molar-refractivity contribution is 14.0. The smallest absolute Gasteiger partial charge is 0.191 e. The zero-order chi connectivity index (χ0) is 16.8. The van der Waals surface area contributed by atoms with Crippen LogP contribution in [0.4, 0.5) is 0 Å². The van der Waals surface area contributed by atoms with E-state index in [1.807, 2.05) is 0 Å². The first-order valence-electron chi connectivity index (χ1n) is 9.35. The number of rotatable bonds is 12. The Morgan fingerprint density at radius 2 is 1.83 bits per heavy atom. The lowest BCUT2D eigenvalue weighted by Gasteiger charge is -2.27. The van der Waals surface area contributed by atoms with Crippen molar-refractivity contribution in [1.82, 2.24) is 10.6 Å². The van der Waals surface area contributed by atoms with Gasteiger partial charge in [0.05, 0.1) is 6.61 Å². The van der Waals surface area contributed by atoms with Crippen LogP contribution in [-0.2, 0) is 9.47 Å². The summed E-state index contributed by atoms with van der Waals surface area (Å²) in [5, 5.41) is 6.71. The fourth-order valence-electron chi connectivity index (χ4n) is 3.11. The molecule has 24 heavy (non-hydrogen) atoms. The third-order valence-electron chi connectivity index (χ3n) is 4.60. The summed E-state index contributed by atoms with van der Waals surface area (Å²) in [6, 6.07) is 0. The molecule has 1 aliphatic carbocycles. The van der Waals surface area contributed by atoms with Crippen LogP contribution in [0.5, 0.6) is 0 Å². The van der Waals surface area contributed by atoms with Gasteiger partial charge in [-0.3, -0.25) is 4.99 Å². The topological polar surface area (TPSA) is 54.9 Å². The summed E-state index contributed by atoms with van der Waals surface area (Å²) in [6.07, 6.45) is 8.64. The minimum absolute atomic E-state index is 0.